The van der Waals surface area contributed by atoms with Gasteiger partial charge in [-0.25, -0.2) is 4.98 Å². The first-order valence-corrected chi connectivity index (χ1v) is 7.39. The Kier molecular flexibility index (Phi) is 4.38. The zero-order chi connectivity index (χ0) is 16.1. The van der Waals surface area contributed by atoms with E-state index in [-0.39, 0.29) is 5.91 Å². The third-order valence-corrected chi connectivity index (χ3v) is 3.58. The van der Waals surface area contributed by atoms with E-state index in [0.29, 0.717) is 12.1 Å². The van der Waals surface area contributed by atoms with Gasteiger partial charge in [-0.1, -0.05) is 12.1 Å². The van der Waals surface area contributed by atoms with Gasteiger partial charge in [-0.05, 0) is 42.0 Å². The number of carbonyl (C=O) groups is 1. The third-order valence-electron chi connectivity index (χ3n) is 3.58. The van der Waals surface area contributed by atoms with Gasteiger partial charge in [-0.3, -0.25) is 4.79 Å². The predicted octanol–water partition coefficient (Wildman–Crippen LogP) is 2.84. The Balaban J connectivity index is 1.65. The number of aromatic nitrogens is 2. The number of nitrogens with one attached hydrogen (secondary N) is 2. The largest absolute Gasteiger partial charge is 0.381 e. The summed E-state index contributed by atoms with van der Waals surface area (Å²) < 4.78 is 1.95. The molecule has 23 heavy (non-hydrogen) atoms. The van der Waals surface area contributed by atoms with E-state index in [9.17, 15) is 4.79 Å². The lowest BCUT2D eigenvalue weighted by Gasteiger charge is -2.09. The zero-order valence-electron chi connectivity index (χ0n) is 12.9. The second-order valence-corrected chi connectivity index (χ2v) is 5.15. The summed E-state index contributed by atoms with van der Waals surface area (Å²) in [5.74, 6) is -0.0727. The van der Waals surface area contributed by atoms with E-state index < -0.39 is 0 Å². The van der Waals surface area contributed by atoms with Crippen molar-refractivity contribution >= 4 is 11.6 Å². The number of carbonyl (C=O) groups excluding carboxylic acids is 1. The van der Waals surface area contributed by atoms with Crippen LogP contribution in [0.1, 0.15) is 15.9 Å². The number of imidazole rings is 1. The van der Waals surface area contributed by atoms with E-state index in [1.54, 1.807) is 19.6 Å². The quantitative estimate of drug-likeness (QED) is 0.762. The molecule has 0 spiro atoms. The Morgan fingerprint density at radius 1 is 1.17 bits per heavy atom. The molecule has 0 saturated carbocycles. The maximum Gasteiger partial charge on any atom is 0.251 e. The monoisotopic (exact) mass is 306 g/mol. The molecular weight excluding hydrogens is 288 g/mol. The fraction of sp³-hybridized carbons (Fsp3) is 0.111. The summed E-state index contributed by atoms with van der Waals surface area (Å²) in [6.07, 6.45) is 5.44. The highest BCUT2D eigenvalue weighted by molar-refractivity contribution is 5.94. The van der Waals surface area contributed by atoms with Crippen LogP contribution >= 0.6 is 0 Å². The predicted molar refractivity (Wildman–Crippen MR) is 90.7 cm³/mol. The summed E-state index contributed by atoms with van der Waals surface area (Å²) in [6.45, 7) is 0.662. The van der Waals surface area contributed by atoms with Gasteiger partial charge in [-0.2, -0.15) is 0 Å². The van der Waals surface area contributed by atoms with Gasteiger partial charge >= 0.3 is 0 Å². The van der Waals surface area contributed by atoms with E-state index in [4.69, 9.17) is 0 Å². The minimum atomic E-state index is -0.0727. The molecule has 1 heterocycles. The topological polar surface area (TPSA) is 59.0 Å². The van der Waals surface area contributed by atoms with Crippen LogP contribution in [0.15, 0.2) is 67.3 Å². The minimum absolute atomic E-state index is 0.0727. The first kappa shape index (κ1) is 14.8. The maximum atomic E-state index is 11.7. The van der Waals surface area contributed by atoms with Crippen LogP contribution in [-0.4, -0.2) is 22.5 Å². The van der Waals surface area contributed by atoms with Crippen LogP contribution in [0.5, 0.6) is 0 Å². The molecule has 3 aromatic rings. The third kappa shape index (κ3) is 3.58. The first-order chi connectivity index (χ1) is 11.3. The Morgan fingerprint density at radius 3 is 2.70 bits per heavy atom. The molecule has 116 valence electrons. The van der Waals surface area contributed by atoms with Crippen molar-refractivity contribution in [3.63, 3.8) is 0 Å². The molecule has 5 nitrogen and oxygen atoms in total. The SMILES string of the molecule is CNC(=O)c1cccc(CNc2ccc(-n3ccnc3)cc2)c1. The van der Waals surface area contributed by atoms with Crippen molar-refractivity contribution < 1.29 is 4.79 Å². The average Bonchev–Trinajstić information content (AvgIpc) is 3.14. The summed E-state index contributed by atoms with van der Waals surface area (Å²) in [4.78, 5) is 15.7. The molecule has 0 aliphatic carbocycles. The van der Waals surface area contributed by atoms with Crippen molar-refractivity contribution in [2.24, 2.45) is 0 Å². The second-order valence-electron chi connectivity index (χ2n) is 5.15. The van der Waals surface area contributed by atoms with E-state index in [1.165, 1.54) is 0 Å². The summed E-state index contributed by atoms with van der Waals surface area (Å²) in [6, 6.07) is 15.7. The first-order valence-electron chi connectivity index (χ1n) is 7.39. The molecule has 5 heteroatoms. The maximum absolute atomic E-state index is 11.7. The van der Waals surface area contributed by atoms with Crippen LogP contribution in [0, 0.1) is 0 Å². The van der Waals surface area contributed by atoms with Crippen molar-refractivity contribution in [1.29, 1.82) is 0 Å². The van der Waals surface area contributed by atoms with Gasteiger partial charge in [0.15, 0.2) is 0 Å². The Hall–Kier alpha value is -3.08. The lowest BCUT2D eigenvalue weighted by atomic mass is 10.1. The summed E-state index contributed by atoms with van der Waals surface area (Å²) in [5.41, 5.74) is 3.82. The normalized spacial score (nSPS) is 10.3. The fourth-order valence-electron chi connectivity index (χ4n) is 2.33. The number of hydrogen-bond donors (Lipinski definition) is 2. The fourth-order valence-corrected chi connectivity index (χ4v) is 2.33. The zero-order valence-corrected chi connectivity index (χ0v) is 12.9. The second kappa shape index (κ2) is 6.79. The number of benzene rings is 2. The molecule has 2 N–H and O–H groups in total. The van der Waals surface area contributed by atoms with Crippen molar-refractivity contribution in [3.8, 4) is 5.69 Å². The number of nitrogens with zero attached hydrogens (tertiary/aromatic N) is 2. The molecule has 0 aliphatic rings. The molecule has 2 aromatic carbocycles. The van der Waals surface area contributed by atoms with Gasteiger partial charge in [0, 0.05) is 42.9 Å². The van der Waals surface area contributed by atoms with Crippen molar-refractivity contribution in [1.82, 2.24) is 14.9 Å². The lowest BCUT2D eigenvalue weighted by molar-refractivity contribution is 0.0963. The Morgan fingerprint density at radius 2 is 2.00 bits per heavy atom. The molecule has 0 unspecified atom stereocenters. The highest BCUT2D eigenvalue weighted by Gasteiger charge is 2.03. The standard InChI is InChI=1S/C18H18N4O/c1-19-18(23)15-4-2-3-14(11-15)12-21-16-5-7-17(8-6-16)22-10-9-20-13-22/h2-11,13,21H,12H2,1H3,(H,19,23). The molecular formula is C18H18N4O. The number of hydrogen-bond acceptors (Lipinski definition) is 3. The molecule has 0 aliphatic heterocycles. The minimum Gasteiger partial charge on any atom is -0.381 e. The highest BCUT2D eigenvalue weighted by Crippen LogP contribution is 2.14. The molecule has 1 aromatic heterocycles. The van der Waals surface area contributed by atoms with E-state index in [1.807, 2.05) is 59.3 Å². The number of amides is 1. The Labute approximate surface area is 135 Å². The smallest absolute Gasteiger partial charge is 0.251 e. The van der Waals surface area contributed by atoms with Crippen LogP contribution in [0.25, 0.3) is 5.69 Å². The lowest BCUT2D eigenvalue weighted by Crippen LogP contribution is -2.17. The van der Waals surface area contributed by atoms with E-state index in [2.05, 4.69) is 15.6 Å². The molecule has 0 saturated heterocycles. The Bertz CT molecular complexity index is 779. The number of anilines is 1. The van der Waals surface area contributed by atoms with Gasteiger partial charge in [0.1, 0.15) is 0 Å². The number of rotatable bonds is 5. The van der Waals surface area contributed by atoms with E-state index in [0.717, 1.165) is 16.9 Å². The van der Waals surface area contributed by atoms with Gasteiger partial charge < -0.3 is 15.2 Å². The average molecular weight is 306 g/mol. The summed E-state index contributed by atoms with van der Waals surface area (Å²) >= 11 is 0. The summed E-state index contributed by atoms with van der Waals surface area (Å²) in [7, 11) is 1.63. The van der Waals surface area contributed by atoms with Crippen molar-refractivity contribution in [3.05, 3.63) is 78.4 Å². The molecule has 0 fully saturated rings. The van der Waals surface area contributed by atoms with Crippen LogP contribution in [-0.2, 0) is 6.54 Å². The molecule has 0 radical (unpaired) electrons. The van der Waals surface area contributed by atoms with Crippen LogP contribution < -0.4 is 10.6 Å². The molecule has 0 atom stereocenters. The van der Waals surface area contributed by atoms with Crippen molar-refractivity contribution in [2.75, 3.05) is 12.4 Å². The van der Waals surface area contributed by atoms with Gasteiger partial charge in [0.2, 0.25) is 0 Å². The summed E-state index contributed by atoms with van der Waals surface area (Å²) in [5, 5.41) is 6.00. The van der Waals surface area contributed by atoms with Gasteiger partial charge in [-0.15, -0.1) is 0 Å². The van der Waals surface area contributed by atoms with Crippen LogP contribution in [0.3, 0.4) is 0 Å². The van der Waals surface area contributed by atoms with E-state index >= 15 is 0 Å². The molecule has 0 bridgehead atoms. The van der Waals surface area contributed by atoms with Gasteiger partial charge in [0.25, 0.3) is 5.91 Å². The van der Waals surface area contributed by atoms with Crippen LogP contribution in [0.2, 0.25) is 0 Å². The highest BCUT2D eigenvalue weighted by atomic mass is 16.1. The van der Waals surface area contributed by atoms with Crippen molar-refractivity contribution in [2.45, 2.75) is 6.54 Å². The van der Waals surface area contributed by atoms with Crippen LogP contribution in [0.4, 0.5) is 5.69 Å². The molecule has 1 amide bonds. The van der Waals surface area contributed by atoms with Gasteiger partial charge in [0.05, 0.1) is 6.33 Å². The molecule has 3 rings (SSSR count).